The molecule has 1 aromatic rings. The first-order chi connectivity index (χ1) is 9.10. The maximum atomic E-state index is 12.4. The number of halogens is 2. The molecule has 0 amide bonds. The molecule has 4 nitrogen and oxygen atoms in total. The molecule has 0 saturated carbocycles. The third-order valence-electron chi connectivity index (χ3n) is 3.12. The Labute approximate surface area is 110 Å². The highest BCUT2D eigenvalue weighted by Gasteiger charge is 2.25. The van der Waals surface area contributed by atoms with Gasteiger partial charge in [0.1, 0.15) is 11.5 Å². The Kier molecular flexibility index (Phi) is 4.42. The van der Waals surface area contributed by atoms with E-state index in [0.29, 0.717) is 18.0 Å². The molecule has 1 N–H and O–H groups in total. The van der Waals surface area contributed by atoms with Gasteiger partial charge < -0.3 is 19.5 Å². The Bertz CT molecular complexity index is 428. The lowest BCUT2D eigenvalue weighted by molar-refractivity contribution is -0.0494. The summed E-state index contributed by atoms with van der Waals surface area (Å²) in [5, 5.41) is 3.18. The number of hydrogen-bond acceptors (Lipinski definition) is 4. The van der Waals surface area contributed by atoms with E-state index in [-0.39, 0.29) is 17.9 Å². The molecule has 1 fully saturated rings. The summed E-state index contributed by atoms with van der Waals surface area (Å²) in [7, 11) is 1.52. The maximum absolute atomic E-state index is 12.4. The molecule has 0 bridgehead atoms. The van der Waals surface area contributed by atoms with Gasteiger partial charge in [-0.3, -0.25) is 0 Å². The molecule has 1 heterocycles. The van der Waals surface area contributed by atoms with E-state index >= 15 is 0 Å². The normalized spacial score (nSPS) is 22.6. The molecule has 1 aromatic carbocycles. The molecule has 1 aliphatic heterocycles. The number of methoxy groups -OCH3 is 1. The second-order valence-electron chi connectivity index (χ2n) is 4.36. The number of alkyl halides is 2. The molecule has 6 heteroatoms. The van der Waals surface area contributed by atoms with Gasteiger partial charge in [0.2, 0.25) is 0 Å². The number of rotatable bonds is 5. The summed E-state index contributed by atoms with van der Waals surface area (Å²) in [5.41, 5.74) is 0.488. The monoisotopic (exact) mass is 273 g/mol. The topological polar surface area (TPSA) is 39.7 Å². The lowest BCUT2D eigenvalue weighted by Gasteiger charge is -2.20. The predicted octanol–water partition coefficient (Wildman–Crippen LogP) is 2.89. The third-order valence-corrected chi connectivity index (χ3v) is 3.12. The number of benzene rings is 1. The third kappa shape index (κ3) is 3.47. The minimum atomic E-state index is -2.86. The lowest BCUT2D eigenvalue weighted by Crippen LogP contribution is -2.27. The molecule has 0 aromatic heterocycles. The van der Waals surface area contributed by atoms with Crippen molar-refractivity contribution in [1.29, 1.82) is 0 Å². The van der Waals surface area contributed by atoms with Gasteiger partial charge >= 0.3 is 6.61 Å². The summed E-state index contributed by atoms with van der Waals surface area (Å²) >= 11 is 0. The van der Waals surface area contributed by atoms with E-state index in [0.717, 1.165) is 6.42 Å². The molecule has 2 rings (SSSR count). The van der Waals surface area contributed by atoms with E-state index in [1.807, 2.05) is 6.92 Å². The number of ether oxygens (including phenoxy) is 3. The van der Waals surface area contributed by atoms with Gasteiger partial charge in [0.15, 0.2) is 0 Å². The fourth-order valence-electron chi connectivity index (χ4n) is 2.07. The van der Waals surface area contributed by atoms with Crippen molar-refractivity contribution in [1.82, 2.24) is 0 Å². The van der Waals surface area contributed by atoms with E-state index in [1.165, 1.54) is 13.2 Å². The van der Waals surface area contributed by atoms with Crippen LogP contribution >= 0.6 is 0 Å². The van der Waals surface area contributed by atoms with E-state index in [1.54, 1.807) is 12.1 Å². The minimum absolute atomic E-state index is 0.0330. The van der Waals surface area contributed by atoms with Crippen LogP contribution in [0, 0.1) is 0 Å². The second-order valence-corrected chi connectivity index (χ2v) is 4.36. The van der Waals surface area contributed by atoms with Crippen molar-refractivity contribution in [2.45, 2.75) is 32.1 Å². The fourth-order valence-corrected chi connectivity index (χ4v) is 2.07. The average Bonchev–Trinajstić information content (AvgIpc) is 2.76. The first-order valence-corrected chi connectivity index (χ1v) is 6.11. The summed E-state index contributed by atoms with van der Waals surface area (Å²) in [6.07, 6.45) is 0.859. The number of hydrogen-bond donors (Lipinski definition) is 1. The minimum Gasteiger partial charge on any atom is -0.497 e. The molecule has 0 radical (unpaired) electrons. The van der Waals surface area contributed by atoms with Crippen LogP contribution in [0.25, 0.3) is 0 Å². The van der Waals surface area contributed by atoms with Gasteiger partial charge in [0, 0.05) is 12.7 Å². The average molecular weight is 273 g/mol. The van der Waals surface area contributed by atoms with Crippen LogP contribution in [-0.2, 0) is 4.74 Å². The molecule has 0 aliphatic carbocycles. The van der Waals surface area contributed by atoms with Gasteiger partial charge in [-0.25, -0.2) is 0 Å². The highest BCUT2D eigenvalue weighted by Crippen LogP contribution is 2.32. The number of anilines is 1. The molecule has 106 valence electrons. The highest BCUT2D eigenvalue weighted by molar-refractivity contribution is 5.60. The van der Waals surface area contributed by atoms with Gasteiger partial charge in [0.25, 0.3) is 0 Å². The van der Waals surface area contributed by atoms with Crippen molar-refractivity contribution in [3.8, 4) is 11.5 Å². The Morgan fingerprint density at radius 2 is 2.21 bits per heavy atom. The van der Waals surface area contributed by atoms with E-state index in [2.05, 4.69) is 10.1 Å². The highest BCUT2D eigenvalue weighted by atomic mass is 19.3. The maximum Gasteiger partial charge on any atom is 0.387 e. The zero-order valence-corrected chi connectivity index (χ0v) is 10.9. The summed E-state index contributed by atoms with van der Waals surface area (Å²) < 4.78 is 39.8. The van der Waals surface area contributed by atoms with Gasteiger partial charge in [-0.05, 0) is 25.5 Å². The summed E-state index contributed by atoms with van der Waals surface area (Å²) in [4.78, 5) is 0. The standard InChI is InChI=1S/C13H17F2NO3/c1-8-10(5-6-18-8)16-11-7-9(17-2)3-4-12(11)19-13(14)15/h3-4,7-8,10,13,16H,5-6H2,1-2H3. The summed E-state index contributed by atoms with van der Waals surface area (Å²) in [6.45, 7) is -0.252. The van der Waals surface area contributed by atoms with E-state index in [4.69, 9.17) is 9.47 Å². The SMILES string of the molecule is COc1ccc(OC(F)F)c(NC2CCOC2C)c1. The Morgan fingerprint density at radius 3 is 2.79 bits per heavy atom. The van der Waals surface area contributed by atoms with Crippen molar-refractivity contribution in [3.05, 3.63) is 18.2 Å². The van der Waals surface area contributed by atoms with Gasteiger partial charge in [-0.15, -0.1) is 0 Å². The van der Waals surface area contributed by atoms with Crippen molar-refractivity contribution in [3.63, 3.8) is 0 Å². The van der Waals surface area contributed by atoms with Crippen LogP contribution < -0.4 is 14.8 Å². The first-order valence-electron chi connectivity index (χ1n) is 6.11. The Morgan fingerprint density at radius 1 is 1.42 bits per heavy atom. The fraction of sp³-hybridized carbons (Fsp3) is 0.538. The zero-order valence-electron chi connectivity index (χ0n) is 10.9. The largest absolute Gasteiger partial charge is 0.497 e. The smallest absolute Gasteiger partial charge is 0.387 e. The number of nitrogens with one attached hydrogen (secondary N) is 1. The predicted molar refractivity (Wildman–Crippen MR) is 67.1 cm³/mol. The molecule has 2 unspecified atom stereocenters. The van der Waals surface area contributed by atoms with Crippen LogP contribution in [0.15, 0.2) is 18.2 Å². The quantitative estimate of drug-likeness (QED) is 0.895. The van der Waals surface area contributed by atoms with Gasteiger partial charge in [0.05, 0.1) is 24.9 Å². The molecular formula is C13H17F2NO3. The van der Waals surface area contributed by atoms with Crippen molar-refractivity contribution in [2.75, 3.05) is 19.0 Å². The van der Waals surface area contributed by atoms with Crippen molar-refractivity contribution >= 4 is 5.69 Å². The Balaban J connectivity index is 2.19. The van der Waals surface area contributed by atoms with Crippen LogP contribution in [0.4, 0.5) is 14.5 Å². The van der Waals surface area contributed by atoms with Crippen LogP contribution in [0.5, 0.6) is 11.5 Å². The molecule has 0 spiro atoms. The van der Waals surface area contributed by atoms with Gasteiger partial charge in [-0.2, -0.15) is 8.78 Å². The van der Waals surface area contributed by atoms with Crippen LogP contribution in [0.3, 0.4) is 0 Å². The van der Waals surface area contributed by atoms with Crippen LogP contribution in [0.2, 0.25) is 0 Å². The van der Waals surface area contributed by atoms with Crippen LogP contribution in [0.1, 0.15) is 13.3 Å². The first kappa shape index (κ1) is 13.9. The van der Waals surface area contributed by atoms with E-state index in [9.17, 15) is 8.78 Å². The molecule has 1 aliphatic rings. The van der Waals surface area contributed by atoms with Gasteiger partial charge in [-0.1, -0.05) is 0 Å². The second kappa shape index (κ2) is 6.06. The summed E-state index contributed by atoms with van der Waals surface area (Å²) in [6, 6.07) is 4.76. The van der Waals surface area contributed by atoms with Crippen LogP contribution in [-0.4, -0.2) is 32.5 Å². The van der Waals surface area contributed by atoms with Crippen molar-refractivity contribution < 1.29 is 23.0 Å². The molecular weight excluding hydrogens is 256 g/mol. The zero-order chi connectivity index (χ0) is 13.8. The molecule has 1 saturated heterocycles. The van der Waals surface area contributed by atoms with E-state index < -0.39 is 6.61 Å². The Hall–Kier alpha value is -1.56. The summed E-state index contributed by atoms with van der Waals surface area (Å²) in [5.74, 6) is 0.686. The van der Waals surface area contributed by atoms with Crippen molar-refractivity contribution in [2.24, 2.45) is 0 Å². The molecule has 2 atom stereocenters. The lowest BCUT2D eigenvalue weighted by atomic mass is 10.1. The molecule has 19 heavy (non-hydrogen) atoms.